The number of hydrogen-bond acceptors (Lipinski definition) is 4. The molecule has 0 radical (unpaired) electrons. The molecule has 150 valence electrons. The summed E-state index contributed by atoms with van der Waals surface area (Å²) in [6, 6.07) is 14.1. The minimum Gasteiger partial charge on any atom is -0.465 e. The molecule has 2 aliphatic rings. The molecule has 2 aliphatic heterocycles. The van der Waals surface area contributed by atoms with E-state index < -0.39 is 5.97 Å². The van der Waals surface area contributed by atoms with Gasteiger partial charge in [0, 0.05) is 18.8 Å². The number of hydrogen-bond donors (Lipinski definition) is 1. The van der Waals surface area contributed by atoms with Gasteiger partial charge in [-0.2, -0.15) is 0 Å². The first-order valence-corrected chi connectivity index (χ1v) is 9.60. The predicted molar refractivity (Wildman–Crippen MR) is 108 cm³/mol. The van der Waals surface area contributed by atoms with E-state index >= 15 is 0 Å². The van der Waals surface area contributed by atoms with E-state index in [4.69, 9.17) is 4.74 Å². The van der Waals surface area contributed by atoms with Crippen LogP contribution < -0.4 is 5.32 Å². The first kappa shape index (κ1) is 19.0. The van der Waals surface area contributed by atoms with Crippen molar-refractivity contribution >= 4 is 23.6 Å². The van der Waals surface area contributed by atoms with Crippen molar-refractivity contribution in [3.63, 3.8) is 0 Å². The van der Waals surface area contributed by atoms with Crippen LogP contribution in [0.2, 0.25) is 0 Å². The highest BCUT2D eigenvalue weighted by Crippen LogP contribution is 2.38. The summed E-state index contributed by atoms with van der Waals surface area (Å²) in [5.74, 6) is -0.258. The number of esters is 1. The zero-order valence-corrected chi connectivity index (χ0v) is 16.4. The number of ether oxygens (including phenoxy) is 1. The molecule has 2 aromatic carbocycles. The fourth-order valence-electron chi connectivity index (χ4n) is 4.15. The third-order valence-electron chi connectivity index (χ3n) is 5.59. The van der Waals surface area contributed by atoms with Crippen LogP contribution in [0.25, 0.3) is 0 Å². The van der Waals surface area contributed by atoms with Crippen LogP contribution >= 0.6 is 0 Å². The van der Waals surface area contributed by atoms with E-state index in [0.717, 1.165) is 5.56 Å². The zero-order chi connectivity index (χ0) is 20.5. The van der Waals surface area contributed by atoms with Crippen LogP contribution in [0.1, 0.15) is 40.4 Å². The molecule has 0 spiro atoms. The molecular formula is C22H23N3O4. The van der Waals surface area contributed by atoms with E-state index in [-0.39, 0.29) is 30.4 Å². The van der Waals surface area contributed by atoms with E-state index in [1.165, 1.54) is 17.6 Å². The summed E-state index contributed by atoms with van der Waals surface area (Å²) in [7, 11) is 1.31. The molecule has 7 heteroatoms. The summed E-state index contributed by atoms with van der Waals surface area (Å²) in [6.45, 7) is 3.25. The lowest BCUT2D eigenvalue weighted by molar-refractivity contribution is -0.139. The van der Waals surface area contributed by atoms with E-state index in [1.807, 2.05) is 23.1 Å². The van der Waals surface area contributed by atoms with Crippen LogP contribution in [0.4, 0.5) is 10.5 Å². The van der Waals surface area contributed by atoms with Crippen LogP contribution in [-0.2, 0) is 9.53 Å². The van der Waals surface area contributed by atoms with Crippen LogP contribution in [0.15, 0.2) is 48.5 Å². The number of methoxy groups -OCH3 is 1. The Balaban J connectivity index is 1.54. The summed E-state index contributed by atoms with van der Waals surface area (Å²) in [4.78, 5) is 40.7. The molecule has 29 heavy (non-hydrogen) atoms. The third-order valence-corrected chi connectivity index (χ3v) is 5.59. The van der Waals surface area contributed by atoms with E-state index in [9.17, 15) is 14.4 Å². The molecule has 2 aromatic rings. The van der Waals surface area contributed by atoms with Gasteiger partial charge in [0.2, 0.25) is 5.91 Å². The first-order valence-electron chi connectivity index (χ1n) is 9.60. The molecule has 1 saturated heterocycles. The molecule has 4 rings (SSSR count). The maximum atomic E-state index is 12.8. The van der Waals surface area contributed by atoms with E-state index in [1.54, 1.807) is 24.3 Å². The molecule has 7 nitrogen and oxygen atoms in total. The highest BCUT2D eigenvalue weighted by atomic mass is 16.5. The summed E-state index contributed by atoms with van der Waals surface area (Å²) in [5.41, 5.74) is 3.16. The fraction of sp³-hybridized carbons (Fsp3) is 0.318. The highest BCUT2D eigenvalue weighted by Gasteiger charge is 2.40. The highest BCUT2D eigenvalue weighted by molar-refractivity contribution is 5.95. The second-order valence-corrected chi connectivity index (χ2v) is 7.47. The quantitative estimate of drug-likeness (QED) is 0.796. The number of anilines is 1. The smallest absolute Gasteiger partial charge is 0.337 e. The van der Waals surface area contributed by atoms with Gasteiger partial charge in [-0.25, -0.2) is 9.59 Å². The standard InChI is InChI=1S/C22H23N3O4/c1-14-11-25-19(18-9-4-3-8-17(14)18)12-24(13-20(25)26)22(28)23-16-7-5-6-15(10-16)21(27)29-2/h3-10,14,19H,11-13H2,1-2H3,(H,23,28). The Morgan fingerprint density at radius 2 is 1.83 bits per heavy atom. The van der Waals surface area contributed by atoms with Crippen molar-refractivity contribution in [1.82, 2.24) is 9.80 Å². The van der Waals surface area contributed by atoms with Crippen molar-refractivity contribution in [1.29, 1.82) is 0 Å². The number of rotatable bonds is 2. The van der Waals surface area contributed by atoms with Crippen LogP contribution in [0.5, 0.6) is 0 Å². The second-order valence-electron chi connectivity index (χ2n) is 7.47. The van der Waals surface area contributed by atoms with Gasteiger partial charge in [-0.05, 0) is 35.2 Å². The zero-order valence-electron chi connectivity index (χ0n) is 16.4. The fourth-order valence-corrected chi connectivity index (χ4v) is 4.15. The summed E-state index contributed by atoms with van der Waals surface area (Å²) >= 11 is 0. The van der Waals surface area contributed by atoms with Gasteiger partial charge < -0.3 is 19.9 Å². The van der Waals surface area contributed by atoms with Gasteiger partial charge in [0.1, 0.15) is 6.54 Å². The van der Waals surface area contributed by atoms with Crippen molar-refractivity contribution in [3.05, 3.63) is 65.2 Å². The van der Waals surface area contributed by atoms with Crippen LogP contribution in [0.3, 0.4) is 0 Å². The first-order chi connectivity index (χ1) is 14.0. The molecule has 0 aliphatic carbocycles. The Hall–Kier alpha value is -3.35. The topological polar surface area (TPSA) is 79.0 Å². The molecular weight excluding hydrogens is 370 g/mol. The molecule has 0 saturated carbocycles. The maximum absolute atomic E-state index is 12.8. The lowest BCUT2D eigenvalue weighted by Crippen LogP contribution is -2.56. The van der Waals surface area contributed by atoms with Crippen molar-refractivity contribution < 1.29 is 19.1 Å². The molecule has 1 N–H and O–H groups in total. The number of fused-ring (bicyclic) bond motifs is 3. The lowest BCUT2D eigenvalue weighted by Gasteiger charge is -2.46. The summed E-state index contributed by atoms with van der Waals surface area (Å²) in [6.07, 6.45) is 0. The molecule has 3 amide bonds. The molecule has 2 unspecified atom stereocenters. The molecule has 2 atom stereocenters. The molecule has 2 heterocycles. The van der Waals surface area contributed by atoms with Gasteiger partial charge in [-0.3, -0.25) is 4.79 Å². The Bertz CT molecular complexity index is 974. The normalized spacial score (nSPS) is 20.6. The van der Waals surface area contributed by atoms with Crippen LogP contribution in [0, 0.1) is 0 Å². The number of nitrogens with one attached hydrogen (secondary N) is 1. The molecule has 0 bridgehead atoms. The number of carbonyl (C=O) groups is 3. The van der Waals surface area contributed by atoms with Gasteiger partial charge in [0.15, 0.2) is 0 Å². The Kier molecular flexibility index (Phi) is 4.96. The average Bonchev–Trinajstić information content (AvgIpc) is 2.74. The lowest BCUT2D eigenvalue weighted by atomic mass is 9.85. The number of nitrogens with zero attached hydrogens (tertiary/aromatic N) is 2. The van der Waals surface area contributed by atoms with Crippen molar-refractivity contribution in [2.24, 2.45) is 0 Å². The number of amides is 3. The van der Waals surface area contributed by atoms with Gasteiger partial charge >= 0.3 is 12.0 Å². The van der Waals surface area contributed by atoms with E-state index in [2.05, 4.69) is 18.3 Å². The minimum atomic E-state index is -0.474. The number of piperazine rings is 1. The largest absolute Gasteiger partial charge is 0.465 e. The Morgan fingerprint density at radius 1 is 1.07 bits per heavy atom. The Morgan fingerprint density at radius 3 is 2.59 bits per heavy atom. The maximum Gasteiger partial charge on any atom is 0.337 e. The van der Waals surface area contributed by atoms with Crippen LogP contribution in [-0.4, -0.2) is 54.5 Å². The van der Waals surface area contributed by atoms with Crippen molar-refractivity contribution in [3.8, 4) is 0 Å². The van der Waals surface area contributed by atoms with E-state index in [0.29, 0.717) is 24.3 Å². The summed E-state index contributed by atoms with van der Waals surface area (Å²) in [5, 5.41) is 2.79. The third kappa shape index (κ3) is 3.55. The van der Waals surface area contributed by atoms with Gasteiger partial charge in [0.05, 0.1) is 18.7 Å². The van der Waals surface area contributed by atoms with Gasteiger partial charge in [-0.1, -0.05) is 37.3 Å². The number of benzene rings is 2. The van der Waals surface area contributed by atoms with Gasteiger partial charge in [-0.15, -0.1) is 0 Å². The molecule has 1 fully saturated rings. The van der Waals surface area contributed by atoms with Gasteiger partial charge in [0.25, 0.3) is 0 Å². The monoisotopic (exact) mass is 393 g/mol. The SMILES string of the molecule is COC(=O)c1cccc(NC(=O)N2CC(=O)N3CC(C)c4ccccc4C3C2)c1. The summed E-state index contributed by atoms with van der Waals surface area (Å²) < 4.78 is 4.72. The predicted octanol–water partition coefficient (Wildman–Crippen LogP) is 3.01. The molecule has 0 aromatic heterocycles. The Labute approximate surface area is 169 Å². The van der Waals surface area contributed by atoms with Crippen molar-refractivity contribution in [2.75, 3.05) is 32.1 Å². The number of carbonyl (C=O) groups excluding carboxylic acids is 3. The minimum absolute atomic E-state index is 0.0356. The number of urea groups is 1. The average molecular weight is 393 g/mol. The second kappa shape index (κ2) is 7.58. The van der Waals surface area contributed by atoms with Crippen molar-refractivity contribution in [2.45, 2.75) is 18.9 Å².